The van der Waals surface area contributed by atoms with Crippen molar-refractivity contribution >= 4 is 11.6 Å². The molecule has 0 saturated carbocycles. The highest BCUT2D eigenvalue weighted by atomic mass is 16.5. The normalized spacial score (nSPS) is 16.7. The lowest BCUT2D eigenvalue weighted by Crippen LogP contribution is -2.47. The first-order chi connectivity index (χ1) is 12.0. The number of hydrogen-bond donors (Lipinski definition) is 1. The van der Waals surface area contributed by atoms with E-state index in [1.807, 2.05) is 0 Å². The Hall–Kier alpha value is -1.63. The number of likely N-dealkylation sites (N-methyl/N-ethyl adjacent to an activating group) is 1. The van der Waals surface area contributed by atoms with E-state index in [1.165, 1.54) is 11.3 Å². The van der Waals surface area contributed by atoms with Gasteiger partial charge in [0, 0.05) is 65.5 Å². The highest BCUT2D eigenvalue weighted by Gasteiger charge is 2.19. The van der Waals surface area contributed by atoms with Crippen molar-refractivity contribution in [3.05, 3.63) is 29.8 Å². The number of aryl methyl sites for hydroxylation is 1. The number of hydrogen-bond acceptors (Lipinski definition) is 5. The third-order valence-corrected chi connectivity index (χ3v) is 4.65. The molecule has 6 heteroatoms. The third kappa shape index (κ3) is 6.30. The number of nitrogens with zero attached hydrogens (tertiary/aromatic N) is 3. The summed E-state index contributed by atoms with van der Waals surface area (Å²) in [7, 11) is 3.28. The van der Waals surface area contributed by atoms with Crippen molar-refractivity contribution in [1.29, 1.82) is 0 Å². The number of methoxy groups -OCH3 is 1. The maximum atomic E-state index is 12.2. The number of piperazine rings is 1. The van der Waals surface area contributed by atoms with Crippen molar-refractivity contribution in [1.82, 2.24) is 9.80 Å². The average Bonchev–Trinajstić information content (AvgIpc) is 2.60. The van der Waals surface area contributed by atoms with Gasteiger partial charge < -0.3 is 19.6 Å². The van der Waals surface area contributed by atoms with Crippen molar-refractivity contribution < 1.29 is 14.6 Å². The molecule has 25 heavy (non-hydrogen) atoms. The smallest absolute Gasteiger partial charge is 0.223 e. The molecule has 1 aromatic rings. The number of ether oxygens (including phenoxy) is 1. The van der Waals surface area contributed by atoms with Gasteiger partial charge in [-0.1, -0.05) is 12.1 Å². The van der Waals surface area contributed by atoms with Crippen LogP contribution in [-0.4, -0.2) is 87.0 Å². The van der Waals surface area contributed by atoms with Gasteiger partial charge in [-0.3, -0.25) is 9.69 Å². The molecule has 1 saturated heterocycles. The Morgan fingerprint density at radius 3 is 2.68 bits per heavy atom. The van der Waals surface area contributed by atoms with E-state index < -0.39 is 6.10 Å². The maximum absolute atomic E-state index is 12.2. The van der Waals surface area contributed by atoms with Crippen LogP contribution in [0.5, 0.6) is 0 Å². The molecule has 0 spiro atoms. The zero-order valence-electron chi connectivity index (χ0n) is 15.6. The number of carbonyl (C=O) groups excluding carboxylic acids is 1. The summed E-state index contributed by atoms with van der Waals surface area (Å²) in [5, 5.41) is 9.71. The maximum Gasteiger partial charge on any atom is 0.223 e. The topological polar surface area (TPSA) is 56.3 Å². The summed E-state index contributed by atoms with van der Waals surface area (Å²) in [4.78, 5) is 18.5. The van der Waals surface area contributed by atoms with E-state index in [4.69, 9.17) is 4.74 Å². The van der Waals surface area contributed by atoms with E-state index >= 15 is 0 Å². The summed E-state index contributed by atoms with van der Waals surface area (Å²) in [6, 6.07) is 8.60. The number of anilines is 1. The summed E-state index contributed by atoms with van der Waals surface area (Å²) >= 11 is 0. The molecule has 140 valence electrons. The summed E-state index contributed by atoms with van der Waals surface area (Å²) in [5.41, 5.74) is 2.56. The van der Waals surface area contributed by atoms with Crippen molar-refractivity contribution in [3.8, 4) is 0 Å². The van der Waals surface area contributed by atoms with Crippen LogP contribution < -0.4 is 4.90 Å². The van der Waals surface area contributed by atoms with Crippen molar-refractivity contribution in [2.24, 2.45) is 0 Å². The Labute approximate surface area is 151 Å². The zero-order valence-corrected chi connectivity index (χ0v) is 15.6. The fourth-order valence-corrected chi connectivity index (χ4v) is 3.16. The van der Waals surface area contributed by atoms with E-state index in [-0.39, 0.29) is 12.5 Å². The molecule has 0 unspecified atom stereocenters. The number of aliphatic hydroxyl groups excluding tert-OH is 1. The molecule has 1 aliphatic rings. The quantitative estimate of drug-likeness (QED) is 0.758. The second kappa shape index (κ2) is 9.75. The van der Waals surface area contributed by atoms with Gasteiger partial charge in [0.05, 0.1) is 12.7 Å². The summed E-state index contributed by atoms with van der Waals surface area (Å²) < 4.78 is 4.89. The van der Waals surface area contributed by atoms with Gasteiger partial charge >= 0.3 is 0 Å². The molecular weight excluding hydrogens is 318 g/mol. The molecular formula is C19H31N3O3. The van der Waals surface area contributed by atoms with Gasteiger partial charge in [0.1, 0.15) is 0 Å². The van der Waals surface area contributed by atoms with Gasteiger partial charge in [-0.25, -0.2) is 0 Å². The molecule has 0 bridgehead atoms. The Morgan fingerprint density at radius 1 is 1.32 bits per heavy atom. The minimum absolute atomic E-state index is 0.0660. The summed E-state index contributed by atoms with van der Waals surface area (Å²) in [6.45, 7) is 7.36. The van der Waals surface area contributed by atoms with E-state index in [1.54, 1.807) is 19.1 Å². The van der Waals surface area contributed by atoms with Crippen LogP contribution in [0.2, 0.25) is 0 Å². The van der Waals surface area contributed by atoms with Crippen LogP contribution in [0, 0.1) is 6.92 Å². The van der Waals surface area contributed by atoms with Crippen molar-refractivity contribution in [3.63, 3.8) is 0 Å². The minimum atomic E-state index is -0.628. The van der Waals surface area contributed by atoms with E-state index in [2.05, 4.69) is 41.0 Å². The summed E-state index contributed by atoms with van der Waals surface area (Å²) in [5.74, 6) is 0.0660. The minimum Gasteiger partial charge on any atom is -0.389 e. The molecule has 6 nitrogen and oxygen atoms in total. The van der Waals surface area contributed by atoms with Crippen LogP contribution in [0.15, 0.2) is 24.3 Å². The first-order valence-corrected chi connectivity index (χ1v) is 8.94. The van der Waals surface area contributed by atoms with Crippen LogP contribution in [0.4, 0.5) is 5.69 Å². The van der Waals surface area contributed by atoms with Crippen LogP contribution in [0.3, 0.4) is 0 Å². The third-order valence-electron chi connectivity index (χ3n) is 4.65. The Kier molecular flexibility index (Phi) is 7.68. The predicted octanol–water partition coefficient (Wildman–Crippen LogP) is 0.973. The number of amides is 1. The number of aliphatic hydroxyl groups is 1. The zero-order chi connectivity index (χ0) is 18.2. The number of benzene rings is 1. The van der Waals surface area contributed by atoms with E-state index in [0.29, 0.717) is 13.0 Å². The van der Waals surface area contributed by atoms with E-state index in [0.717, 1.165) is 32.7 Å². The van der Waals surface area contributed by atoms with Crippen LogP contribution >= 0.6 is 0 Å². The molecule has 1 N–H and O–H groups in total. The molecule has 0 aliphatic carbocycles. The lowest BCUT2D eigenvalue weighted by Gasteiger charge is -2.36. The van der Waals surface area contributed by atoms with E-state index in [9.17, 15) is 9.90 Å². The van der Waals surface area contributed by atoms with Crippen molar-refractivity contribution in [2.75, 3.05) is 64.9 Å². The van der Waals surface area contributed by atoms with Gasteiger partial charge in [-0.05, 0) is 24.6 Å². The van der Waals surface area contributed by atoms with Gasteiger partial charge in [0.2, 0.25) is 5.91 Å². The van der Waals surface area contributed by atoms with Crippen LogP contribution in [-0.2, 0) is 9.53 Å². The molecule has 1 amide bonds. The molecule has 0 aromatic heterocycles. The van der Waals surface area contributed by atoms with Gasteiger partial charge in [-0.15, -0.1) is 0 Å². The summed E-state index contributed by atoms with van der Waals surface area (Å²) in [6.07, 6.45) is -0.141. The first-order valence-electron chi connectivity index (χ1n) is 8.94. The first kappa shape index (κ1) is 19.7. The second-order valence-corrected chi connectivity index (χ2v) is 6.80. The molecule has 2 rings (SSSR count). The molecule has 1 aromatic carbocycles. The van der Waals surface area contributed by atoms with Crippen molar-refractivity contribution in [2.45, 2.75) is 19.4 Å². The Morgan fingerprint density at radius 2 is 2.04 bits per heavy atom. The van der Waals surface area contributed by atoms with Gasteiger partial charge in [-0.2, -0.15) is 0 Å². The monoisotopic (exact) mass is 349 g/mol. The molecule has 1 aliphatic heterocycles. The SMILES string of the molecule is COC[C@H](O)CN(C)C(=O)CCN1CCN(c2cccc(C)c2)CC1. The molecule has 0 radical (unpaired) electrons. The fraction of sp³-hybridized carbons (Fsp3) is 0.632. The Bertz CT molecular complexity index is 544. The van der Waals surface area contributed by atoms with Crippen LogP contribution in [0.25, 0.3) is 0 Å². The second-order valence-electron chi connectivity index (χ2n) is 6.80. The van der Waals surface area contributed by atoms with Crippen LogP contribution in [0.1, 0.15) is 12.0 Å². The predicted molar refractivity (Wildman–Crippen MR) is 100.0 cm³/mol. The molecule has 1 atom stereocenters. The standard InChI is InChI=1S/C19H31N3O3/c1-16-5-4-6-17(13-16)22-11-9-21(10-12-22)8-7-19(24)20(2)14-18(23)15-25-3/h4-6,13,18,23H,7-12,14-15H2,1-3H3/t18-/m1/s1. The lowest BCUT2D eigenvalue weighted by molar-refractivity contribution is -0.131. The number of carbonyl (C=O) groups is 1. The molecule has 1 heterocycles. The highest BCUT2D eigenvalue weighted by Crippen LogP contribution is 2.17. The Balaban J connectivity index is 1.70. The molecule has 1 fully saturated rings. The average molecular weight is 349 g/mol. The van der Waals surface area contributed by atoms with Gasteiger partial charge in [0.15, 0.2) is 0 Å². The lowest BCUT2D eigenvalue weighted by atomic mass is 10.2. The largest absolute Gasteiger partial charge is 0.389 e. The highest BCUT2D eigenvalue weighted by molar-refractivity contribution is 5.76. The number of rotatable bonds is 8. The fourth-order valence-electron chi connectivity index (χ4n) is 3.16. The van der Waals surface area contributed by atoms with Gasteiger partial charge in [0.25, 0.3) is 0 Å².